The Kier molecular flexibility index (Phi) is 3.62. The number of fused-ring (bicyclic) bond motifs is 1. The lowest BCUT2D eigenvalue weighted by molar-refractivity contribution is 0.465. The summed E-state index contributed by atoms with van der Waals surface area (Å²) >= 11 is 4.91. The molecule has 0 saturated heterocycles. The molecule has 4 nitrogen and oxygen atoms in total. The number of benzene rings is 1. The molecule has 3 aromatic rings. The van der Waals surface area contributed by atoms with Crippen molar-refractivity contribution < 1.29 is 4.74 Å². The molecule has 0 unspecified atom stereocenters. The Bertz CT molecular complexity index is 882. The number of hydrogen-bond donors (Lipinski definition) is 0. The monoisotopic (exact) mass is 359 g/mol. The molecule has 0 saturated carbocycles. The molecule has 0 aliphatic carbocycles. The van der Waals surface area contributed by atoms with Crippen LogP contribution in [0.2, 0.25) is 0 Å². The van der Waals surface area contributed by atoms with E-state index in [0.717, 1.165) is 20.3 Å². The number of thiophene rings is 1. The summed E-state index contributed by atoms with van der Waals surface area (Å²) in [7, 11) is 0. The van der Waals surface area contributed by atoms with Crippen molar-refractivity contribution in [2.45, 2.75) is 13.8 Å². The molecule has 0 radical (unpaired) electrons. The van der Waals surface area contributed by atoms with Gasteiger partial charge in [-0.05, 0) is 43.0 Å². The fourth-order valence-electron chi connectivity index (χ4n) is 2.00. The fraction of sp³-hybridized carbons (Fsp3) is 0.133. The van der Waals surface area contributed by atoms with Crippen molar-refractivity contribution in [3.63, 3.8) is 0 Å². The molecular formula is C15H10BrN3OS. The predicted octanol–water partition coefficient (Wildman–Crippen LogP) is 4.73. The average molecular weight is 360 g/mol. The highest BCUT2D eigenvalue weighted by atomic mass is 79.9. The second kappa shape index (κ2) is 5.43. The summed E-state index contributed by atoms with van der Waals surface area (Å²) in [4.78, 5) is 9.68. The second-order valence-corrected chi connectivity index (χ2v) is 6.30. The van der Waals surface area contributed by atoms with Crippen LogP contribution in [-0.2, 0) is 0 Å². The Morgan fingerprint density at radius 1 is 1.29 bits per heavy atom. The van der Waals surface area contributed by atoms with Gasteiger partial charge in [-0.15, -0.1) is 11.3 Å². The summed E-state index contributed by atoms with van der Waals surface area (Å²) < 4.78 is 6.74. The third-order valence-corrected chi connectivity index (χ3v) is 4.45. The second-order valence-electron chi connectivity index (χ2n) is 4.53. The largest absolute Gasteiger partial charge is 0.437 e. The average Bonchev–Trinajstić information content (AvgIpc) is 2.82. The zero-order valence-corrected chi connectivity index (χ0v) is 13.7. The first-order valence-electron chi connectivity index (χ1n) is 6.18. The Morgan fingerprint density at radius 2 is 2.10 bits per heavy atom. The Labute approximate surface area is 134 Å². The molecule has 0 aliphatic rings. The van der Waals surface area contributed by atoms with Crippen molar-refractivity contribution in [2.75, 3.05) is 0 Å². The normalized spacial score (nSPS) is 10.6. The van der Waals surface area contributed by atoms with E-state index in [9.17, 15) is 5.26 Å². The van der Waals surface area contributed by atoms with Gasteiger partial charge in [0.1, 0.15) is 22.5 Å². The van der Waals surface area contributed by atoms with Crippen LogP contribution in [0.1, 0.15) is 17.0 Å². The third-order valence-electron chi connectivity index (χ3n) is 2.96. The Hall–Kier alpha value is -1.97. The summed E-state index contributed by atoms with van der Waals surface area (Å²) in [6.45, 7) is 3.82. The van der Waals surface area contributed by atoms with Gasteiger partial charge in [-0.25, -0.2) is 4.98 Å². The number of aryl methyl sites for hydroxylation is 2. The maximum Gasteiger partial charge on any atom is 0.231 e. The van der Waals surface area contributed by atoms with Crippen molar-refractivity contribution in [2.24, 2.45) is 0 Å². The standard InChI is InChI=1S/C15H10BrN3OS/c1-8-7-21-15-13(8)14(18-9(2)19-15)20-12-4-3-11(16)5-10(12)6-17/h3-5,7H,1-2H3. The van der Waals surface area contributed by atoms with Crippen LogP contribution in [0.15, 0.2) is 28.1 Å². The minimum atomic E-state index is 0.460. The summed E-state index contributed by atoms with van der Waals surface area (Å²) in [6, 6.07) is 7.45. The maximum absolute atomic E-state index is 9.22. The smallest absolute Gasteiger partial charge is 0.231 e. The molecule has 2 heterocycles. The third kappa shape index (κ3) is 2.62. The highest BCUT2D eigenvalue weighted by Gasteiger charge is 2.14. The number of rotatable bonds is 2. The van der Waals surface area contributed by atoms with E-state index in [2.05, 4.69) is 32.0 Å². The fourth-order valence-corrected chi connectivity index (χ4v) is 3.32. The molecule has 0 bridgehead atoms. The molecular weight excluding hydrogens is 350 g/mol. The summed E-state index contributed by atoms with van der Waals surface area (Å²) in [5, 5.41) is 12.1. The molecule has 0 aliphatic heterocycles. The minimum Gasteiger partial charge on any atom is -0.437 e. The van der Waals surface area contributed by atoms with Crippen LogP contribution < -0.4 is 4.74 Å². The lowest BCUT2D eigenvalue weighted by atomic mass is 10.2. The van der Waals surface area contributed by atoms with Crippen molar-refractivity contribution >= 4 is 37.5 Å². The number of aromatic nitrogens is 2. The number of nitrogens with zero attached hydrogens (tertiary/aromatic N) is 3. The summed E-state index contributed by atoms with van der Waals surface area (Å²) in [5.41, 5.74) is 1.53. The molecule has 0 spiro atoms. The van der Waals surface area contributed by atoms with E-state index in [1.807, 2.05) is 25.3 Å². The number of nitriles is 1. The molecule has 6 heteroatoms. The van der Waals surface area contributed by atoms with Crippen LogP contribution in [0.25, 0.3) is 10.2 Å². The van der Waals surface area contributed by atoms with Gasteiger partial charge in [0, 0.05) is 4.47 Å². The van der Waals surface area contributed by atoms with Gasteiger partial charge in [0.2, 0.25) is 5.88 Å². The van der Waals surface area contributed by atoms with Gasteiger partial charge in [0.05, 0.1) is 10.9 Å². The highest BCUT2D eigenvalue weighted by molar-refractivity contribution is 9.10. The molecule has 0 atom stereocenters. The Morgan fingerprint density at radius 3 is 2.86 bits per heavy atom. The number of ether oxygens (including phenoxy) is 1. The maximum atomic E-state index is 9.22. The van der Waals surface area contributed by atoms with Crippen molar-refractivity contribution in [1.82, 2.24) is 9.97 Å². The van der Waals surface area contributed by atoms with Crippen LogP contribution in [0.5, 0.6) is 11.6 Å². The van der Waals surface area contributed by atoms with Gasteiger partial charge in [-0.2, -0.15) is 10.2 Å². The van der Waals surface area contributed by atoms with Gasteiger partial charge in [-0.3, -0.25) is 0 Å². The van der Waals surface area contributed by atoms with Crippen LogP contribution in [0.4, 0.5) is 0 Å². The SMILES string of the molecule is Cc1nc(Oc2ccc(Br)cc2C#N)c2c(C)csc2n1. The molecule has 21 heavy (non-hydrogen) atoms. The Balaban J connectivity index is 2.14. The van der Waals surface area contributed by atoms with Gasteiger partial charge in [-0.1, -0.05) is 15.9 Å². The first-order valence-corrected chi connectivity index (χ1v) is 7.85. The number of hydrogen-bond acceptors (Lipinski definition) is 5. The van der Waals surface area contributed by atoms with Crippen molar-refractivity contribution in [1.29, 1.82) is 5.26 Å². The zero-order valence-electron chi connectivity index (χ0n) is 11.3. The molecule has 3 rings (SSSR count). The first kappa shape index (κ1) is 14.0. The molecule has 0 N–H and O–H groups in total. The zero-order chi connectivity index (χ0) is 15.0. The van der Waals surface area contributed by atoms with Crippen LogP contribution in [-0.4, -0.2) is 9.97 Å². The lowest BCUT2D eigenvalue weighted by Crippen LogP contribution is -1.95. The van der Waals surface area contributed by atoms with Gasteiger partial charge in [0.25, 0.3) is 0 Å². The van der Waals surface area contributed by atoms with E-state index in [0.29, 0.717) is 23.0 Å². The van der Waals surface area contributed by atoms with E-state index in [4.69, 9.17) is 4.74 Å². The van der Waals surface area contributed by atoms with Gasteiger partial charge >= 0.3 is 0 Å². The van der Waals surface area contributed by atoms with E-state index >= 15 is 0 Å². The topological polar surface area (TPSA) is 58.8 Å². The molecule has 1 aromatic carbocycles. The van der Waals surface area contributed by atoms with E-state index < -0.39 is 0 Å². The molecule has 0 fully saturated rings. The van der Waals surface area contributed by atoms with Gasteiger partial charge < -0.3 is 4.74 Å². The van der Waals surface area contributed by atoms with Crippen molar-refractivity contribution in [3.8, 4) is 17.7 Å². The highest BCUT2D eigenvalue weighted by Crippen LogP contribution is 2.35. The molecule has 104 valence electrons. The summed E-state index contributed by atoms with van der Waals surface area (Å²) in [5.74, 6) is 1.63. The minimum absolute atomic E-state index is 0.460. The van der Waals surface area contributed by atoms with Crippen molar-refractivity contribution in [3.05, 3.63) is 45.0 Å². The lowest BCUT2D eigenvalue weighted by Gasteiger charge is -2.09. The predicted molar refractivity (Wildman–Crippen MR) is 85.8 cm³/mol. The van der Waals surface area contributed by atoms with Crippen LogP contribution >= 0.6 is 27.3 Å². The molecule has 2 aromatic heterocycles. The van der Waals surface area contributed by atoms with E-state index in [1.54, 1.807) is 23.5 Å². The van der Waals surface area contributed by atoms with Gasteiger partial charge in [0.15, 0.2) is 0 Å². The summed E-state index contributed by atoms with van der Waals surface area (Å²) in [6.07, 6.45) is 0. The van der Waals surface area contributed by atoms with E-state index in [-0.39, 0.29) is 0 Å². The first-order chi connectivity index (χ1) is 10.1. The number of halogens is 1. The quantitative estimate of drug-likeness (QED) is 0.663. The van der Waals surface area contributed by atoms with Crippen LogP contribution in [0, 0.1) is 25.2 Å². The van der Waals surface area contributed by atoms with Crippen LogP contribution in [0.3, 0.4) is 0 Å². The molecule has 0 amide bonds. The van der Waals surface area contributed by atoms with E-state index in [1.165, 1.54) is 0 Å².